The van der Waals surface area contributed by atoms with Crippen LogP contribution in [0.25, 0.3) is 5.57 Å². The van der Waals surface area contributed by atoms with E-state index in [1.807, 2.05) is 92.6 Å². The van der Waals surface area contributed by atoms with E-state index in [9.17, 15) is 14.9 Å². The topological polar surface area (TPSA) is 75.9 Å². The number of anilines is 2. The summed E-state index contributed by atoms with van der Waals surface area (Å²) in [5.74, 6) is -0.555. The molecule has 7 heteroatoms. The first-order valence-electron chi connectivity index (χ1n) is 10.5. The number of non-ortho nitro benzene ring substituents is 1. The lowest BCUT2D eigenvalue weighted by molar-refractivity contribution is -0.384. The van der Waals surface area contributed by atoms with E-state index >= 15 is 0 Å². The van der Waals surface area contributed by atoms with Gasteiger partial charge in [0.15, 0.2) is 0 Å². The second kappa shape index (κ2) is 8.78. The molecule has 1 aliphatic heterocycles. The van der Waals surface area contributed by atoms with Crippen molar-refractivity contribution in [2.45, 2.75) is 6.10 Å². The maximum Gasteiger partial charge on any atom is 0.339 e. The van der Waals surface area contributed by atoms with Crippen LogP contribution in [0, 0.1) is 10.1 Å². The van der Waals surface area contributed by atoms with E-state index in [4.69, 9.17) is 4.74 Å². The van der Waals surface area contributed by atoms with Crippen molar-refractivity contribution in [3.8, 4) is 0 Å². The molecule has 1 atom stereocenters. The van der Waals surface area contributed by atoms with Crippen molar-refractivity contribution in [1.82, 2.24) is 0 Å². The van der Waals surface area contributed by atoms with E-state index in [-0.39, 0.29) is 11.3 Å². The number of benzene rings is 3. The van der Waals surface area contributed by atoms with Crippen molar-refractivity contribution in [2.75, 3.05) is 38.0 Å². The van der Waals surface area contributed by atoms with E-state index in [2.05, 4.69) is 0 Å². The molecule has 168 valence electrons. The van der Waals surface area contributed by atoms with Gasteiger partial charge in [-0.05, 0) is 53.1 Å². The smallest absolute Gasteiger partial charge is 0.339 e. The van der Waals surface area contributed by atoms with Crippen LogP contribution in [0.1, 0.15) is 33.2 Å². The number of rotatable bonds is 6. The van der Waals surface area contributed by atoms with E-state index < -0.39 is 17.0 Å². The van der Waals surface area contributed by atoms with Gasteiger partial charge in [0.1, 0.15) is 6.10 Å². The summed E-state index contributed by atoms with van der Waals surface area (Å²) in [5.41, 5.74) is 5.74. The molecular weight excluding hydrogens is 418 g/mol. The Bertz CT molecular complexity index is 1180. The quantitative estimate of drug-likeness (QED) is 0.301. The first-order chi connectivity index (χ1) is 15.7. The number of hydrogen-bond acceptors (Lipinski definition) is 6. The number of nitro groups is 1. The number of fused-ring (bicyclic) bond motifs is 1. The molecule has 0 fully saturated rings. The maximum absolute atomic E-state index is 12.5. The predicted molar refractivity (Wildman–Crippen MR) is 130 cm³/mol. The van der Waals surface area contributed by atoms with E-state index in [0.717, 1.165) is 28.1 Å². The Labute approximate surface area is 192 Å². The number of carbonyl (C=O) groups excluding carboxylic acids is 1. The van der Waals surface area contributed by atoms with E-state index in [1.54, 1.807) is 6.07 Å². The second-order valence-corrected chi connectivity index (χ2v) is 8.32. The Morgan fingerprint density at radius 1 is 0.879 bits per heavy atom. The van der Waals surface area contributed by atoms with Crippen LogP contribution < -0.4 is 9.80 Å². The summed E-state index contributed by atoms with van der Waals surface area (Å²) < 4.78 is 5.61. The minimum absolute atomic E-state index is 0.130. The van der Waals surface area contributed by atoms with E-state index in [1.165, 1.54) is 12.1 Å². The third-order valence-corrected chi connectivity index (χ3v) is 5.72. The van der Waals surface area contributed by atoms with Gasteiger partial charge < -0.3 is 14.5 Å². The molecule has 0 N–H and O–H groups in total. The summed E-state index contributed by atoms with van der Waals surface area (Å²) in [6, 6.07) is 20.6. The average Bonchev–Trinajstić information content (AvgIpc) is 3.12. The zero-order valence-electron chi connectivity index (χ0n) is 19.0. The summed E-state index contributed by atoms with van der Waals surface area (Å²) in [6.45, 7) is 0. The summed E-state index contributed by atoms with van der Waals surface area (Å²) in [5, 5.41) is 11.1. The Balaban J connectivity index is 1.80. The van der Waals surface area contributed by atoms with Crippen LogP contribution in [0.15, 0.2) is 72.8 Å². The molecular formula is C26H25N3O4. The minimum Gasteiger partial charge on any atom is -0.450 e. The lowest BCUT2D eigenvalue weighted by atomic mass is 9.94. The van der Waals surface area contributed by atoms with Gasteiger partial charge in [0, 0.05) is 57.3 Å². The van der Waals surface area contributed by atoms with Gasteiger partial charge in [-0.3, -0.25) is 10.1 Å². The summed E-state index contributed by atoms with van der Waals surface area (Å²) in [7, 11) is 7.94. The zero-order valence-corrected chi connectivity index (χ0v) is 19.0. The Morgan fingerprint density at radius 2 is 1.39 bits per heavy atom. The second-order valence-electron chi connectivity index (χ2n) is 8.32. The predicted octanol–water partition coefficient (Wildman–Crippen LogP) is 5.07. The van der Waals surface area contributed by atoms with Crippen molar-refractivity contribution < 1.29 is 14.5 Å². The number of nitro benzene ring substituents is 1. The molecule has 0 saturated carbocycles. The minimum atomic E-state index is -0.634. The van der Waals surface area contributed by atoms with Crippen molar-refractivity contribution >= 4 is 28.6 Å². The van der Waals surface area contributed by atoms with Crippen LogP contribution in [-0.2, 0) is 4.74 Å². The van der Waals surface area contributed by atoms with Crippen molar-refractivity contribution in [2.24, 2.45) is 0 Å². The molecule has 1 heterocycles. The molecule has 7 nitrogen and oxygen atoms in total. The third kappa shape index (κ3) is 4.43. The van der Waals surface area contributed by atoms with Gasteiger partial charge in [0.2, 0.25) is 0 Å². The first-order valence-corrected chi connectivity index (χ1v) is 10.5. The number of ether oxygens (including phenoxy) is 1. The number of nitrogens with zero attached hydrogens (tertiary/aromatic N) is 3. The van der Waals surface area contributed by atoms with Crippen molar-refractivity contribution in [1.29, 1.82) is 0 Å². The summed E-state index contributed by atoms with van der Waals surface area (Å²) in [4.78, 5) is 27.1. The fourth-order valence-electron chi connectivity index (χ4n) is 3.84. The lowest BCUT2D eigenvalue weighted by Crippen LogP contribution is -2.08. The Hall–Kier alpha value is -4.13. The highest BCUT2D eigenvalue weighted by atomic mass is 16.6. The molecule has 0 saturated heterocycles. The molecule has 0 aromatic heterocycles. The van der Waals surface area contributed by atoms with Crippen LogP contribution >= 0.6 is 0 Å². The maximum atomic E-state index is 12.5. The number of carbonyl (C=O) groups is 1. The molecule has 3 aromatic carbocycles. The number of cyclic esters (lactones) is 1. The van der Waals surface area contributed by atoms with Gasteiger partial charge in [-0.1, -0.05) is 24.3 Å². The first kappa shape index (κ1) is 22.1. The lowest BCUT2D eigenvalue weighted by Gasteiger charge is -2.17. The van der Waals surface area contributed by atoms with Gasteiger partial charge in [-0.25, -0.2) is 4.79 Å². The molecule has 1 aliphatic rings. The average molecular weight is 444 g/mol. The molecule has 3 aromatic rings. The van der Waals surface area contributed by atoms with Gasteiger partial charge in [0.25, 0.3) is 5.69 Å². The highest BCUT2D eigenvalue weighted by Crippen LogP contribution is 2.37. The van der Waals surface area contributed by atoms with Gasteiger partial charge in [-0.2, -0.15) is 0 Å². The van der Waals surface area contributed by atoms with Gasteiger partial charge in [-0.15, -0.1) is 0 Å². The van der Waals surface area contributed by atoms with Crippen LogP contribution in [0.2, 0.25) is 0 Å². The third-order valence-electron chi connectivity index (χ3n) is 5.72. The summed E-state index contributed by atoms with van der Waals surface area (Å²) in [6.07, 6.45) is 1.27. The molecule has 4 rings (SSSR count). The molecule has 0 bridgehead atoms. The normalized spacial score (nSPS) is 14.3. The van der Waals surface area contributed by atoms with Crippen LogP contribution in [-0.4, -0.2) is 39.1 Å². The van der Waals surface area contributed by atoms with Crippen LogP contribution in [0.3, 0.4) is 0 Å². The summed E-state index contributed by atoms with van der Waals surface area (Å²) >= 11 is 0. The zero-order chi connectivity index (χ0) is 23.7. The SMILES string of the molecule is CN(C)c1ccc(C(=CC2OC(=O)c3cc([N+](=O)[O-])ccc32)c2ccc(N(C)C)cc2)cc1. The van der Waals surface area contributed by atoms with Crippen molar-refractivity contribution in [3.05, 3.63) is 105 Å². The fourth-order valence-corrected chi connectivity index (χ4v) is 3.84. The molecule has 1 unspecified atom stereocenters. The molecule has 33 heavy (non-hydrogen) atoms. The molecule has 0 spiro atoms. The monoisotopic (exact) mass is 443 g/mol. The number of esters is 1. The Kier molecular flexibility index (Phi) is 5.87. The van der Waals surface area contributed by atoms with Crippen LogP contribution in [0.4, 0.5) is 17.1 Å². The highest BCUT2D eigenvalue weighted by molar-refractivity contribution is 5.95. The molecule has 0 radical (unpaired) electrons. The highest BCUT2D eigenvalue weighted by Gasteiger charge is 2.32. The number of hydrogen-bond donors (Lipinski definition) is 0. The Morgan fingerprint density at radius 3 is 1.85 bits per heavy atom. The largest absolute Gasteiger partial charge is 0.450 e. The molecule has 0 amide bonds. The molecule has 0 aliphatic carbocycles. The van der Waals surface area contributed by atoms with E-state index in [0.29, 0.717) is 5.56 Å². The van der Waals surface area contributed by atoms with Gasteiger partial charge in [0.05, 0.1) is 10.5 Å². The standard InChI is InChI=1S/C26H25N3O4/c1-27(2)19-9-5-17(6-10-19)23(18-7-11-20(12-8-18)28(3)4)16-25-22-14-13-21(29(31)32)15-24(22)26(30)33-25/h5-16,25H,1-4H3. The van der Waals surface area contributed by atoms with Crippen LogP contribution in [0.5, 0.6) is 0 Å². The van der Waals surface area contributed by atoms with Crippen molar-refractivity contribution in [3.63, 3.8) is 0 Å². The fraction of sp³-hybridized carbons (Fsp3) is 0.192. The van der Waals surface area contributed by atoms with Gasteiger partial charge >= 0.3 is 5.97 Å².